The highest BCUT2D eigenvalue weighted by Gasteiger charge is 2.08. The smallest absolute Gasteiger partial charge is 0.343 e. The van der Waals surface area contributed by atoms with Crippen LogP contribution in [-0.2, 0) is 12.8 Å². The van der Waals surface area contributed by atoms with Crippen LogP contribution < -0.4 is 4.74 Å². The molecule has 0 atom stereocenters. The van der Waals surface area contributed by atoms with Gasteiger partial charge >= 0.3 is 5.97 Å². The summed E-state index contributed by atoms with van der Waals surface area (Å²) in [4.78, 5) is 12.1. The van der Waals surface area contributed by atoms with Crippen LogP contribution in [0.5, 0.6) is 5.75 Å². The van der Waals surface area contributed by atoms with Crippen LogP contribution in [-0.4, -0.2) is 27.1 Å². The molecule has 154 valence electrons. The lowest BCUT2D eigenvalue weighted by Crippen LogP contribution is -2.08. The Morgan fingerprint density at radius 3 is 2.35 bits per heavy atom. The maximum absolute atomic E-state index is 12.1. The molecule has 31 heavy (non-hydrogen) atoms. The molecule has 1 N–H and O–H groups in total. The first-order valence-corrected chi connectivity index (χ1v) is 10.2. The summed E-state index contributed by atoms with van der Waals surface area (Å²) in [7, 11) is 0. The summed E-state index contributed by atoms with van der Waals surface area (Å²) in [6, 6.07) is 26.2. The van der Waals surface area contributed by atoms with Crippen molar-refractivity contribution in [3.05, 3.63) is 112 Å². The summed E-state index contributed by atoms with van der Waals surface area (Å²) in [5, 5.41) is 11.6. The van der Waals surface area contributed by atoms with E-state index in [2.05, 4.69) is 27.4 Å². The van der Waals surface area contributed by atoms with E-state index >= 15 is 0 Å². The van der Waals surface area contributed by atoms with Crippen molar-refractivity contribution in [2.75, 3.05) is 0 Å². The molecule has 1 heterocycles. The summed E-state index contributed by atoms with van der Waals surface area (Å²) in [6.45, 7) is 0. The van der Waals surface area contributed by atoms with Gasteiger partial charge in [0.2, 0.25) is 4.77 Å². The van der Waals surface area contributed by atoms with Crippen LogP contribution in [0.25, 0.3) is 0 Å². The van der Waals surface area contributed by atoms with Crippen LogP contribution >= 0.6 is 12.2 Å². The molecule has 6 nitrogen and oxygen atoms in total. The van der Waals surface area contributed by atoms with Crippen LogP contribution in [0.1, 0.15) is 27.3 Å². The van der Waals surface area contributed by atoms with E-state index in [-0.39, 0.29) is 0 Å². The Morgan fingerprint density at radius 2 is 1.65 bits per heavy atom. The molecule has 4 rings (SSSR count). The predicted molar refractivity (Wildman–Crippen MR) is 122 cm³/mol. The van der Waals surface area contributed by atoms with Crippen LogP contribution in [0.3, 0.4) is 0 Å². The van der Waals surface area contributed by atoms with Gasteiger partial charge in [0.25, 0.3) is 0 Å². The standard InChI is InChI=1S/C24H20N4O2S/c29-23(20-9-5-2-6-10-20)30-21-14-11-19(12-15-21)17-25-28-22(26-27-24(28)31)16-13-18-7-3-1-4-8-18/h1-12,14-15,17H,13,16H2,(H,27,31)/b25-17-. The number of nitrogens with one attached hydrogen (secondary N) is 1. The highest BCUT2D eigenvalue weighted by molar-refractivity contribution is 7.71. The molecule has 0 amide bonds. The fourth-order valence-corrected chi connectivity index (χ4v) is 3.19. The van der Waals surface area contributed by atoms with Gasteiger partial charge in [0.1, 0.15) is 5.75 Å². The highest BCUT2D eigenvalue weighted by atomic mass is 32.1. The van der Waals surface area contributed by atoms with Crippen LogP contribution in [0, 0.1) is 4.77 Å². The molecule has 0 aliphatic carbocycles. The number of rotatable bonds is 7. The van der Waals surface area contributed by atoms with Crippen molar-refractivity contribution in [3.63, 3.8) is 0 Å². The second kappa shape index (κ2) is 9.77. The van der Waals surface area contributed by atoms with E-state index in [1.165, 1.54) is 5.56 Å². The summed E-state index contributed by atoms with van der Waals surface area (Å²) in [5.41, 5.74) is 2.58. The number of H-pyrrole nitrogens is 1. The van der Waals surface area contributed by atoms with Crippen molar-refractivity contribution in [3.8, 4) is 5.75 Å². The molecule has 0 unspecified atom stereocenters. The van der Waals surface area contributed by atoms with Crippen LogP contribution in [0.2, 0.25) is 0 Å². The van der Waals surface area contributed by atoms with Gasteiger partial charge in [0, 0.05) is 6.42 Å². The van der Waals surface area contributed by atoms with Gasteiger partial charge in [0.05, 0.1) is 11.8 Å². The number of hydrogen-bond acceptors (Lipinski definition) is 5. The van der Waals surface area contributed by atoms with E-state index < -0.39 is 5.97 Å². The van der Waals surface area contributed by atoms with E-state index in [9.17, 15) is 4.79 Å². The number of carbonyl (C=O) groups excluding carboxylic acids is 1. The Morgan fingerprint density at radius 1 is 0.968 bits per heavy atom. The molecule has 0 saturated carbocycles. The van der Waals surface area contributed by atoms with Crippen molar-refractivity contribution in [2.45, 2.75) is 12.8 Å². The van der Waals surface area contributed by atoms with Crippen LogP contribution in [0.4, 0.5) is 0 Å². The fourth-order valence-electron chi connectivity index (χ4n) is 2.99. The van der Waals surface area contributed by atoms with Gasteiger partial charge in [-0.05, 0) is 66.2 Å². The number of nitrogens with zero attached hydrogens (tertiary/aromatic N) is 3. The number of carbonyl (C=O) groups is 1. The average Bonchev–Trinajstić information content (AvgIpc) is 3.17. The molecule has 0 saturated heterocycles. The first kappa shape index (κ1) is 20.4. The maximum Gasteiger partial charge on any atom is 0.343 e. The minimum atomic E-state index is -0.394. The number of ether oxygens (including phenoxy) is 1. The van der Waals surface area contributed by atoms with Crippen molar-refractivity contribution in [2.24, 2.45) is 5.10 Å². The lowest BCUT2D eigenvalue weighted by atomic mass is 10.1. The maximum atomic E-state index is 12.1. The first-order chi connectivity index (χ1) is 15.2. The average molecular weight is 429 g/mol. The second-order valence-electron chi connectivity index (χ2n) is 6.81. The Balaban J connectivity index is 1.41. The van der Waals surface area contributed by atoms with Crippen molar-refractivity contribution in [1.82, 2.24) is 14.9 Å². The van der Waals surface area contributed by atoms with E-state index in [1.807, 2.05) is 36.4 Å². The quantitative estimate of drug-likeness (QED) is 0.198. The minimum absolute atomic E-state index is 0.394. The van der Waals surface area contributed by atoms with E-state index in [0.29, 0.717) is 22.5 Å². The largest absolute Gasteiger partial charge is 0.423 e. The SMILES string of the molecule is O=C(Oc1ccc(/C=N\n2c(CCc3ccccc3)n[nH]c2=S)cc1)c1ccccc1. The minimum Gasteiger partial charge on any atom is -0.423 e. The molecule has 0 spiro atoms. The predicted octanol–water partition coefficient (Wildman–Crippen LogP) is 4.83. The molecule has 4 aromatic rings. The number of aryl methyl sites for hydroxylation is 2. The highest BCUT2D eigenvalue weighted by Crippen LogP contribution is 2.14. The lowest BCUT2D eigenvalue weighted by Gasteiger charge is -2.04. The zero-order valence-corrected chi connectivity index (χ0v) is 17.5. The Bertz CT molecular complexity index is 1230. The first-order valence-electron chi connectivity index (χ1n) is 9.81. The zero-order valence-electron chi connectivity index (χ0n) is 16.6. The molecule has 0 bridgehead atoms. The van der Waals surface area contributed by atoms with Gasteiger partial charge in [0.15, 0.2) is 5.82 Å². The monoisotopic (exact) mass is 428 g/mol. The summed E-state index contributed by atoms with van der Waals surface area (Å²) in [6.07, 6.45) is 3.25. The Kier molecular flexibility index (Phi) is 6.44. The van der Waals surface area contributed by atoms with Gasteiger partial charge in [-0.1, -0.05) is 48.5 Å². The molecule has 0 aliphatic heterocycles. The number of aromatic nitrogens is 3. The van der Waals surface area contributed by atoms with E-state index in [1.54, 1.807) is 47.3 Å². The number of aromatic amines is 1. The van der Waals surface area contributed by atoms with Gasteiger partial charge in [-0.25, -0.2) is 4.79 Å². The molecule has 0 aliphatic rings. The van der Waals surface area contributed by atoms with Crippen molar-refractivity contribution in [1.29, 1.82) is 0 Å². The third-order valence-electron chi connectivity index (χ3n) is 4.62. The third kappa shape index (κ3) is 5.40. The third-order valence-corrected chi connectivity index (χ3v) is 4.88. The molecular weight excluding hydrogens is 408 g/mol. The summed E-state index contributed by atoms with van der Waals surface area (Å²) < 4.78 is 7.46. The molecule has 7 heteroatoms. The van der Waals surface area contributed by atoms with Crippen molar-refractivity contribution < 1.29 is 9.53 Å². The topological polar surface area (TPSA) is 72.3 Å². The Labute approximate surface area is 184 Å². The number of hydrogen-bond donors (Lipinski definition) is 1. The molecule has 3 aromatic carbocycles. The van der Waals surface area contributed by atoms with E-state index in [0.717, 1.165) is 17.8 Å². The second-order valence-corrected chi connectivity index (χ2v) is 7.20. The molecular formula is C24H20N4O2S. The van der Waals surface area contributed by atoms with Gasteiger partial charge in [-0.15, -0.1) is 0 Å². The van der Waals surface area contributed by atoms with Gasteiger partial charge in [-0.3, -0.25) is 5.10 Å². The normalized spacial score (nSPS) is 11.0. The fraction of sp³-hybridized carbons (Fsp3) is 0.0833. The number of benzene rings is 3. The van der Waals surface area contributed by atoms with E-state index in [4.69, 9.17) is 17.0 Å². The Hall–Kier alpha value is -3.84. The van der Waals surface area contributed by atoms with Crippen molar-refractivity contribution >= 4 is 24.4 Å². The van der Waals surface area contributed by atoms with Gasteiger partial charge in [-0.2, -0.15) is 14.9 Å². The number of esters is 1. The molecule has 1 aromatic heterocycles. The van der Waals surface area contributed by atoms with Crippen LogP contribution in [0.15, 0.2) is 90.0 Å². The molecule has 0 radical (unpaired) electrons. The summed E-state index contributed by atoms with van der Waals surface area (Å²) >= 11 is 5.31. The lowest BCUT2D eigenvalue weighted by molar-refractivity contribution is 0.0735. The molecule has 0 fully saturated rings. The zero-order chi connectivity index (χ0) is 21.5. The summed E-state index contributed by atoms with van der Waals surface area (Å²) in [5.74, 6) is 0.836. The van der Waals surface area contributed by atoms with Gasteiger partial charge < -0.3 is 4.74 Å².